The fourth-order valence-electron chi connectivity index (χ4n) is 4.40. The molecule has 0 aliphatic rings. The van der Waals surface area contributed by atoms with Gasteiger partial charge in [-0.2, -0.15) is 18.3 Å². The molecule has 4 rings (SSSR count). The number of anilines is 2. The second-order valence-corrected chi connectivity index (χ2v) is 11.3. The number of alkyl halides is 3. The van der Waals surface area contributed by atoms with Crippen molar-refractivity contribution >= 4 is 23.4 Å². The van der Waals surface area contributed by atoms with E-state index < -0.39 is 23.7 Å². The van der Waals surface area contributed by atoms with Crippen LogP contribution < -0.4 is 10.6 Å². The zero-order valence-corrected chi connectivity index (χ0v) is 24.2. The molecule has 0 fully saturated rings. The Balaban J connectivity index is 1.61. The SMILES string of the molecule is Cc1ccc(-n2nc(C(C)(C)C)cc2NC(=O)CN(Cc2ccccc2)C(=O)Nc2cccc(C(F)(F)F)c2)c(C)c1. The van der Waals surface area contributed by atoms with E-state index in [0.29, 0.717) is 5.82 Å². The van der Waals surface area contributed by atoms with Gasteiger partial charge in [0.15, 0.2) is 0 Å². The van der Waals surface area contributed by atoms with Crippen molar-refractivity contribution in [2.45, 2.75) is 52.8 Å². The molecule has 0 aliphatic carbocycles. The van der Waals surface area contributed by atoms with Crippen molar-refractivity contribution in [3.05, 3.63) is 107 Å². The van der Waals surface area contributed by atoms with Crippen molar-refractivity contribution in [3.63, 3.8) is 0 Å². The fraction of sp³-hybridized carbons (Fsp3) is 0.281. The number of aryl methyl sites for hydroxylation is 2. The summed E-state index contributed by atoms with van der Waals surface area (Å²) in [7, 11) is 0. The molecule has 0 saturated carbocycles. The Hall–Kier alpha value is -4.60. The van der Waals surface area contributed by atoms with Crippen LogP contribution in [0.3, 0.4) is 0 Å². The quantitative estimate of drug-likeness (QED) is 0.239. The summed E-state index contributed by atoms with van der Waals surface area (Å²) in [5.74, 6) is -0.0497. The van der Waals surface area contributed by atoms with Crippen molar-refractivity contribution in [2.24, 2.45) is 0 Å². The lowest BCUT2D eigenvalue weighted by atomic mass is 9.92. The Bertz CT molecular complexity index is 1570. The molecule has 0 bridgehead atoms. The molecule has 0 saturated heterocycles. The van der Waals surface area contributed by atoms with Crippen LogP contribution in [0.4, 0.5) is 29.5 Å². The van der Waals surface area contributed by atoms with Gasteiger partial charge >= 0.3 is 12.2 Å². The van der Waals surface area contributed by atoms with E-state index in [9.17, 15) is 22.8 Å². The van der Waals surface area contributed by atoms with Crippen LogP contribution in [0.5, 0.6) is 0 Å². The third-order valence-electron chi connectivity index (χ3n) is 6.60. The monoisotopic (exact) mass is 577 g/mol. The van der Waals surface area contributed by atoms with E-state index in [1.807, 2.05) is 58.9 Å². The van der Waals surface area contributed by atoms with Crippen LogP contribution in [-0.2, 0) is 22.9 Å². The summed E-state index contributed by atoms with van der Waals surface area (Å²) in [6, 6.07) is 20.4. The van der Waals surface area contributed by atoms with Crippen molar-refractivity contribution in [3.8, 4) is 5.69 Å². The van der Waals surface area contributed by atoms with Gasteiger partial charge in [-0.1, -0.05) is 74.9 Å². The molecule has 10 heteroatoms. The highest BCUT2D eigenvalue weighted by Crippen LogP contribution is 2.31. The number of amides is 3. The third kappa shape index (κ3) is 7.57. The van der Waals surface area contributed by atoms with Gasteiger partial charge in [-0.05, 0) is 49.2 Å². The molecule has 4 aromatic rings. The molecule has 0 radical (unpaired) electrons. The number of benzene rings is 3. The minimum atomic E-state index is -4.56. The number of nitrogens with one attached hydrogen (secondary N) is 2. The number of hydrogen-bond acceptors (Lipinski definition) is 3. The van der Waals surface area contributed by atoms with Crippen LogP contribution in [0.25, 0.3) is 5.69 Å². The molecule has 0 atom stereocenters. The Labute approximate surface area is 243 Å². The first-order valence-corrected chi connectivity index (χ1v) is 13.5. The number of hydrogen-bond donors (Lipinski definition) is 2. The van der Waals surface area contributed by atoms with Crippen LogP contribution in [0.2, 0.25) is 0 Å². The molecule has 7 nitrogen and oxygen atoms in total. The van der Waals surface area contributed by atoms with Crippen LogP contribution in [-0.4, -0.2) is 33.2 Å². The van der Waals surface area contributed by atoms with Gasteiger partial charge in [0.05, 0.1) is 16.9 Å². The fourth-order valence-corrected chi connectivity index (χ4v) is 4.40. The van der Waals surface area contributed by atoms with Gasteiger partial charge < -0.3 is 15.5 Å². The van der Waals surface area contributed by atoms with Crippen LogP contribution in [0, 0.1) is 13.8 Å². The van der Waals surface area contributed by atoms with Gasteiger partial charge in [0, 0.05) is 23.7 Å². The minimum Gasteiger partial charge on any atom is -0.311 e. The maximum absolute atomic E-state index is 13.4. The standard InChI is InChI=1S/C32H34F3N5O2/c1-21-14-15-26(22(2)16-21)40-28(18-27(38-40)31(3,4)5)37-29(41)20-39(19-23-10-7-6-8-11-23)30(42)36-25-13-9-12-24(17-25)32(33,34)35/h6-18H,19-20H2,1-5H3,(H,36,42)(H,37,41). The summed E-state index contributed by atoms with van der Waals surface area (Å²) in [6.45, 7) is 9.72. The summed E-state index contributed by atoms with van der Waals surface area (Å²) < 4.78 is 41.3. The van der Waals surface area contributed by atoms with E-state index in [4.69, 9.17) is 5.10 Å². The first-order valence-electron chi connectivity index (χ1n) is 13.5. The van der Waals surface area contributed by atoms with Gasteiger partial charge in [-0.25, -0.2) is 9.48 Å². The topological polar surface area (TPSA) is 79.3 Å². The molecule has 1 heterocycles. The first-order chi connectivity index (χ1) is 19.7. The summed E-state index contributed by atoms with van der Waals surface area (Å²) in [4.78, 5) is 28.0. The van der Waals surface area contributed by atoms with E-state index >= 15 is 0 Å². The van der Waals surface area contributed by atoms with Gasteiger partial charge in [-0.15, -0.1) is 0 Å². The number of halogens is 3. The molecule has 0 spiro atoms. The Morgan fingerprint density at radius 3 is 2.24 bits per heavy atom. The summed E-state index contributed by atoms with van der Waals surface area (Å²) in [6.07, 6.45) is -4.56. The van der Waals surface area contributed by atoms with Gasteiger partial charge in [0.1, 0.15) is 12.4 Å². The van der Waals surface area contributed by atoms with E-state index in [2.05, 4.69) is 10.6 Å². The summed E-state index contributed by atoms with van der Waals surface area (Å²) >= 11 is 0. The molecule has 220 valence electrons. The van der Waals surface area contributed by atoms with Crippen LogP contribution in [0.15, 0.2) is 78.9 Å². The average molecular weight is 578 g/mol. The number of rotatable bonds is 7. The van der Waals surface area contributed by atoms with Crippen LogP contribution in [0.1, 0.15) is 48.7 Å². The lowest BCUT2D eigenvalue weighted by Crippen LogP contribution is -2.40. The highest BCUT2D eigenvalue weighted by molar-refractivity contribution is 5.96. The number of urea groups is 1. The number of aromatic nitrogens is 2. The molecule has 42 heavy (non-hydrogen) atoms. The van der Waals surface area contributed by atoms with Crippen molar-refractivity contribution in [1.29, 1.82) is 0 Å². The van der Waals surface area contributed by atoms with Crippen molar-refractivity contribution in [1.82, 2.24) is 14.7 Å². The largest absolute Gasteiger partial charge is 0.416 e. The normalized spacial score (nSPS) is 11.7. The number of nitrogens with zero attached hydrogens (tertiary/aromatic N) is 3. The van der Waals surface area contributed by atoms with E-state index in [0.717, 1.165) is 40.2 Å². The lowest BCUT2D eigenvalue weighted by molar-refractivity contribution is -0.137. The molecule has 1 aromatic heterocycles. The van der Waals surface area contributed by atoms with Gasteiger partial charge in [-0.3, -0.25) is 4.79 Å². The highest BCUT2D eigenvalue weighted by atomic mass is 19.4. The lowest BCUT2D eigenvalue weighted by Gasteiger charge is -2.23. The molecule has 0 aliphatic heterocycles. The molecule has 3 amide bonds. The van der Waals surface area contributed by atoms with Crippen molar-refractivity contribution in [2.75, 3.05) is 17.2 Å². The molecule has 2 N–H and O–H groups in total. The third-order valence-corrected chi connectivity index (χ3v) is 6.60. The summed E-state index contributed by atoms with van der Waals surface area (Å²) in [5.41, 5.74) is 3.16. The Morgan fingerprint density at radius 2 is 1.60 bits per heavy atom. The molecule has 3 aromatic carbocycles. The maximum Gasteiger partial charge on any atom is 0.416 e. The zero-order valence-electron chi connectivity index (χ0n) is 24.2. The van der Waals surface area contributed by atoms with E-state index in [1.54, 1.807) is 35.0 Å². The first kappa shape index (κ1) is 30.4. The summed E-state index contributed by atoms with van der Waals surface area (Å²) in [5, 5.41) is 10.2. The predicted octanol–water partition coefficient (Wildman–Crippen LogP) is 7.48. The second-order valence-electron chi connectivity index (χ2n) is 11.3. The minimum absolute atomic E-state index is 0.0314. The molecular weight excluding hydrogens is 543 g/mol. The van der Waals surface area contributed by atoms with E-state index in [1.165, 1.54) is 17.0 Å². The predicted molar refractivity (Wildman–Crippen MR) is 158 cm³/mol. The molecular formula is C32H34F3N5O2. The zero-order chi connectivity index (χ0) is 30.7. The maximum atomic E-state index is 13.4. The van der Waals surface area contributed by atoms with Crippen molar-refractivity contribution < 1.29 is 22.8 Å². The van der Waals surface area contributed by atoms with Gasteiger partial charge in [0.25, 0.3) is 0 Å². The Kier molecular flexibility index (Phi) is 8.75. The average Bonchev–Trinajstić information content (AvgIpc) is 3.32. The Morgan fingerprint density at radius 1 is 0.881 bits per heavy atom. The number of carbonyl (C=O) groups excluding carboxylic acids is 2. The second kappa shape index (κ2) is 12.1. The smallest absolute Gasteiger partial charge is 0.311 e. The van der Waals surface area contributed by atoms with Crippen LogP contribution >= 0.6 is 0 Å². The highest BCUT2D eigenvalue weighted by Gasteiger charge is 2.31. The molecule has 0 unspecified atom stereocenters. The number of carbonyl (C=O) groups is 2. The van der Waals surface area contributed by atoms with E-state index in [-0.39, 0.29) is 24.2 Å². The van der Waals surface area contributed by atoms with Gasteiger partial charge in [0.2, 0.25) is 5.91 Å².